The molecule has 0 aliphatic heterocycles. The Morgan fingerprint density at radius 3 is 2.37 bits per heavy atom. The number of rotatable bonds is 7. The van der Waals surface area contributed by atoms with E-state index in [0.29, 0.717) is 12.3 Å². The molecule has 0 radical (unpaired) electrons. The lowest BCUT2D eigenvalue weighted by Gasteiger charge is -2.36. The van der Waals surface area contributed by atoms with Gasteiger partial charge in [0.1, 0.15) is 0 Å². The Hall–Kier alpha value is -0.570. The van der Waals surface area contributed by atoms with Gasteiger partial charge in [0.05, 0.1) is 0 Å². The lowest BCUT2D eigenvalue weighted by molar-refractivity contribution is -0.134. The molecule has 0 saturated heterocycles. The number of aliphatic hydroxyl groups excluding tert-OH is 1. The smallest absolute Gasteiger partial charge is 0.226 e. The lowest BCUT2D eigenvalue weighted by Crippen LogP contribution is -2.52. The van der Waals surface area contributed by atoms with Crippen LogP contribution in [0.1, 0.15) is 72.6 Å². The summed E-state index contributed by atoms with van der Waals surface area (Å²) in [5.41, 5.74) is -0.418. The minimum Gasteiger partial charge on any atom is -0.396 e. The van der Waals surface area contributed by atoms with Gasteiger partial charge in [0.15, 0.2) is 0 Å². The molecule has 0 bridgehead atoms. The van der Waals surface area contributed by atoms with Crippen molar-refractivity contribution in [1.82, 2.24) is 5.32 Å². The van der Waals surface area contributed by atoms with Crippen molar-refractivity contribution >= 4 is 5.91 Å². The average Bonchev–Trinajstić information content (AvgIpc) is 2.78. The molecule has 0 aromatic carbocycles. The zero-order valence-electron chi connectivity index (χ0n) is 13.1. The van der Waals surface area contributed by atoms with Gasteiger partial charge in [-0.2, -0.15) is 0 Å². The number of hydrogen-bond acceptors (Lipinski definition) is 2. The third kappa shape index (κ3) is 4.20. The maximum Gasteiger partial charge on any atom is 0.226 e. The van der Waals surface area contributed by atoms with Gasteiger partial charge in [-0.25, -0.2) is 0 Å². The van der Waals surface area contributed by atoms with E-state index in [9.17, 15) is 4.79 Å². The summed E-state index contributed by atoms with van der Waals surface area (Å²) < 4.78 is 0. The van der Waals surface area contributed by atoms with Gasteiger partial charge in [-0.3, -0.25) is 4.79 Å². The third-order valence-electron chi connectivity index (χ3n) is 4.70. The molecule has 1 aliphatic carbocycles. The zero-order valence-corrected chi connectivity index (χ0v) is 13.1. The molecule has 1 atom stereocenters. The Morgan fingerprint density at radius 1 is 1.37 bits per heavy atom. The molecule has 1 amide bonds. The van der Waals surface area contributed by atoms with Gasteiger partial charge in [0, 0.05) is 17.6 Å². The van der Waals surface area contributed by atoms with Crippen LogP contribution in [0.3, 0.4) is 0 Å². The molecule has 0 heterocycles. The van der Waals surface area contributed by atoms with Crippen LogP contribution in [0.2, 0.25) is 0 Å². The van der Waals surface area contributed by atoms with Crippen LogP contribution >= 0.6 is 0 Å². The van der Waals surface area contributed by atoms with Crippen molar-refractivity contribution in [2.45, 2.75) is 78.2 Å². The van der Waals surface area contributed by atoms with Crippen molar-refractivity contribution in [1.29, 1.82) is 0 Å². The highest BCUT2D eigenvalue weighted by molar-refractivity contribution is 5.83. The van der Waals surface area contributed by atoms with Gasteiger partial charge >= 0.3 is 0 Å². The first kappa shape index (κ1) is 16.5. The number of carbonyl (C=O) groups is 1. The molecule has 0 spiro atoms. The topological polar surface area (TPSA) is 49.3 Å². The van der Waals surface area contributed by atoms with Gasteiger partial charge < -0.3 is 10.4 Å². The molecule has 0 aromatic rings. The fraction of sp³-hybridized carbons (Fsp3) is 0.938. The van der Waals surface area contributed by atoms with Crippen molar-refractivity contribution in [2.24, 2.45) is 11.3 Å². The van der Waals surface area contributed by atoms with Crippen LogP contribution in [0.25, 0.3) is 0 Å². The van der Waals surface area contributed by atoms with E-state index in [1.165, 1.54) is 12.8 Å². The minimum atomic E-state index is -0.265. The molecule has 1 rings (SSSR count). The van der Waals surface area contributed by atoms with Crippen molar-refractivity contribution in [2.75, 3.05) is 6.61 Å². The molecule has 1 fully saturated rings. The van der Waals surface area contributed by atoms with E-state index in [0.717, 1.165) is 25.7 Å². The first-order valence-electron chi connectivity index (χ1n) is 7.81. The molecule has 19 heavy (non-hydrogen) atoms. The summed E-state index contributed by atoms with van der Waals surface area (Å²) in [6.07, 6.45) is 6.86. The average molecular weight is 269 g/mol. The zero-order chi connectivity index (χ0) is 14.5. The highest BCUT2D eigenvalue weighted by Gasteiger charge is 2.43. The largest absolute Gasteiger partial charge is 0.396 e. The molecular formula is C16H31NO2. The molecule has 2 N–H and O–H groups in total. The van der Waals surface area contributed by atoms with Crippen molar-refractivity contribution in [3.05, 3.63) is 0 Å². The summed E-state index contributed by atoms with van der Waals surface area (Å²) in [5, 5.41) is 12.4. The van der Waals surface area contributed by atoms with Crippen molar-refractivity contribution in [3.63, 3.8) is 0 Å². The number of nitrogens with one attached hydrogen (secondary N) is 1. The predicted molar refractivity (Wildman–Crippen MR) is 78.9 cm³/mol. The fourth-order valence-electron chi connectivity index (χ4n) is 3.34. The molecular weight excluding hydrogens is 238 g/mol. The number of aliphatic hydroxyl groups is 1. The van der Waals surface area contributed by atoms with Gasteiger partial charge in [-0.15, -0.1) is 0 Å². The highest BCUT2D eigenvalue weighted by atomic mass is 16.3. The van der Waals surface area contributed by atoms with Gasteiger partial charge in [-0.05, 0) is 44.9 Å². The maximum atomic E-state index is 12.8. The molecule has 1 aliphatic rings. The Balaban J connectivity index is 2.77. The van der Waals surface area contributed by atoms with E-state index in [-0.39, 0.29) is 23.5 Å². The second kappa shape index (κ2) is 6.74. The highest BCUT2D eigenvalue weighted by Crippen LogP contribution is 2.43. The molecule has 0 aromatic heterocycles. The SMILES string of the molecule is CCC(C)(CCO)NC(=O)C1(CC(C)C)CCCC1. The standard InChI is InChI=1S/C16H31NO2/c1-5-15(4,10-11-18)17-14(19)16(12-13(2)3)8-6-7-9-16/h13,18H,5-12H2,1-4H3,(H,17,19). The molecule has 112 valence electrons. The predicted octanol–water partition coefficient (Wildman–Crippen LogP) is 3.26. The Morgan fingerprint density at radius 2 is 1.95 bits per heavy atom. The number of carbonyl (C=O) groups excluding carboxylic acids is 1. The summed E-state index contributed by atoms with van der Waals surface area (Å²) in [6, 6.07) is 0. The van der Waals surface area contributed by atoms with Crippen molar-refractivity contribution < 1.29 is 9.90 Å². The van der Waals surface area contributed by atoms with Gasteiger partial charge in [0.25, 0.3) is 0 Å². The van der Waals surface area contributed by atoms with Crippen LogP contribution in [0.15, 0.2) is 0 Å². The van der Waals surface area contributed by atoms with E-state index < -0.39 is 0 Å². The minimum absolute atomic E-state index is 0.127. The Labute approximate surface area is 118 Å². The summed E-state index contributed by atoms with van der Waals surface area (Å²) in [5.74, 6) is 0.770. The number of amides is 1. The lowest BCUT2D eigenvalue weighted by atomic mass is 9.77. The maximum absolute atomic E-state index is 12.8. The fourth-order valence-corrected chi connectivity index (χ4v) is 3.34. The molecule has 1 unspecified atom stereocenters. The van der Waals surface area contributed by atoms with Crippen LogP contribution in [-0.4, -0.2) is 23.2 Å². The first-order chi connectivity index (χ1) is 8.87. The second-order valence-corrected chi connectivity index (χ2v) is 6.93. The molecule has 3 heteroatoms. The molecule has 3 nitrogen and oxygen atoms in total. The first-order valence-corrected chi connectivity index (χ1v) is 7.81. The normalized spacial score (nSPS) is 21.4. The van der Waals surface area contributed by atoms with E-state index >= 15 is 0 Å². The summed E-state index contributed by atoms with van der Waals surface area (Å²) in [6.45, 7) is 8.63. The molecule has 1 saturated carbocycles. The Kier molecular flexibility index (Phi) is 5.84. The quantitative estimate of drug-likeness (QED) is 0.745. The van der Waals surface area contributed by atoms with Gasteiger partial charge in [0.2, 0.25) is 5.91 Å². The van der Waals surface area contributed by atoms with Crippen LogP contribution in [0, 0.1) is 11.3 Å². The number of hydrogen-bond donors (Lipinski definition) is 2. The second-order valence-electron chi connectivity index (χ2n) is 6.93. The summed E-state index contributed by atoms with van der Waals surface area (Å²) >= 11 is 0. The van der Waals surface area contributed by atoms with Crippen LogP contribution in [-0.2, 0) is 4.79 Å². The van der Waals surface area contributed by atoms with Crippen molar-refractivity contribution in [3.8, 4) is 0 Å². The summed E-state index contributed by atoms with van der Waals surface area (Å²) in [7, 11) is 0. The third-order valence-corrected chi connectivity index (χ3v) is 4.70. The van der Waals surface area contributed by atoms with E-state index in [1.54, 1.807) is 0 Å². The van der Waals surface area contributed by atoms with Crippen LogP contribution < -0.4 is 5.32 Å². The van der Waals surface area contributed by atoms with E-state index in [4.69, 9.17) is 5.11 Å². The summed E-state index contributed by atoms with van der Waals surface area (Å²) in [4.78, 5) is 12.8. The van der Waals surface area contributed by atoms with E-state index in [2.05, 4.69) is 26.1 Å². The van der Waals surface area contributed by atoms with E-state index in [1.807, 2.05) is 6.92 Å². The monoisotopic (exact) mass is 269 g/mol. The van der Waals surface area contributed by atoms with Gasteiger partial charge in [-0.1, -0.05) is 33.6 Å². The van der Waals surface area contributed by atoms with Crippen LogP contribution in [0.5, 0.6) is 0 Å². The van der Waals surface area contributed by atoms with Crippen LogP contribution in [0.4, 0.5) is 0 Å². The Bertz CT molecular complexity index is 295.